The van der Waals surface area contributed by atoms with Gasteiger partial charge < -0.3 is 9.47 Å². The quantitative estimate of drug-likeness (QED) is 0.599. The summed E-state index contributed by atoms with van der Waals surface area (Å²) >= 11 is 12.1. The van der Waals surface area contributed by atoms with Crippen molar-refractivity contribution in [1.29, 1.82) is 0 Å². The largest absolute Gasteiger partial charge is 0.493 e. The lowest BCUT2D eigenvalue weighted by Crippen LogP contribution is -2.00. The van der Waals surface area contributed by atoms with Crippen molar-refractivity contribution in [2.24, 2.45) is 0 Å². The van der Waals surface area contributed by atoms with Gasteiger partial charge in [-0.15, -0.1) is 0 Å². The SMILES string of the molecule is COc1cc([N+](=O)[O-])ccc1OCc1c(Cl)cccc1Cl. The predicted molar refractivity (Wildman–Crippen MR) is 80.4 cm³/mol. The molecule has 7 heteroatoms. The van der Waals surface area contributed by atoms with Crippen LogP contribution >= 0.6 is 23.2 Å². The monoisotopic (exact) mass is 327 g/mol. The van der Waals surface area contributed by atoms with Gasteiger partial charge >= 0.3 is 0 Å². The topological polar surface area (TPSA) is 61.6 Å². The zero-order chi connectivity index (χ0) is 15.4. The van der Waals surface area contributed by atoms with Gasteiger partial charge in [0.25, 0.3) is 5.69 Å². The van der Waals surface area contributed by atoms with Gasteiger partial charge in [0.15, 0.2) is 11.5 Å². The molecule has 2 aromatic carbocycles. The average Bonchev–Trinajstić information content (AvgIpc) is 2.46. The van der Waals surface area contributed by atoms with Crippen molar-refractivity contribution >= 4 is 28.9 Å². The van der Waals surface area contributed by atoms with E-state index in [1.807, 2.05) is 0 Å². The molecule has 0 aliphatic rings. The Morgan fingerprint density at radius 2 is 1.81 bits per heavy atom. The predicted octanol–water partition coefficient (Wildman–Crippen LogP) is 4.49. The molecule has 0 aliphatic heterocycles. The van der Waals surface area contributed by atoms with E-state index in [1.165, 1.54) is 25.3 Å². The number of halogens is 2. The number of nitro benzene ring substituents is 1. The molecule has 110 valence electrons. The van der Waals surface area contributed by atoms with Crippen LogP contribution in [-0.4, -0.2) is 12.0 Å². The highest BCUT2D eigenvalue weighted by Crippen LogP contribution is 2.33. The Hall–Kier alpha value is -1.98. The van der Waals surface area contributed by atoms with Crippen LogP contribution in [0.2, 0.25) is 10.0 Å². The minimum Gasteiger partial charge on any atom is -0.493 e. The van der Waals surface area contributed by atoms with Gasteiger partial charge in [0.05, 0.1) is 18.1 Å². The molecule has 0 amide bonds. The van der Waals surface area contributed by atoms with Crippen molar-refractivity contribution in [2.75, 3.05) is 7.11 Å². The number of non-ortho nitro benzene ring substituents is 1. The maximum Gasteiger partial charge on any atom is 0.273 e. The molecule has 0 aliphatic carbocycles. The van der Waals surface area contributed by atoms with Crippen LogP contribution in [-0.2, 0) is 6.61 Å². The molecule has 2 aromatic rings. The highest BCUT2D eigenvalue weighted by Gasteiger charge is 2.13. The standard InChI is InChI=1S/C14H11Cl2NO4/c1-20-14-7-9(17(18)19)5-6-13(14)21-8-10-11(15)3-2-4-12(10)16/h2-7H,8H2,1H3. The van der Waals surface area contributed by atoms with E-state index in [9.17, 15) is 10.1 Å². The van der Waals surface area contributed by atoms with Crippen molar-refractivity contribution in [3.63, 3.8) is 0 Å². The van der Waals surface area contributed by atoms with Crippen molar-refractivity contribution in [1.82, 2.24) is 0 Å². The van der Waals surface area contributed by atoms with Gasteiger partial charge in [0.1, 0.15) is 6.61 Å². The first-order chi connectivity index (χ1) is 10.0. The van der Waals surface area contributed by atoms with Crippen LogP contribution in [0.15, 0.2) is 36.4 Å². The van der Waals surface area contributed by atoms with Gasteiger partial charge in [-0.1, -0.05) is 29.3 Å². The molecule has 0 spiro atoms. The molecule has 0 heterocycles. The van der Waals surface area contributed by atoms with E-state index in [0.717, 1.165) is 0 Å². The van der Waals surface area contributed by atoms with E-state index >= 15 is 0 Å². The summed E-state index contributed by atoms with van der Waals surface area (Å²) in [6.07, 6.45) is 0. The molecule has 0 fully saturated rings. The van der Waals surface area contributed by atoms with Crippen LogP contribution < -0.4 is 9.47 Å². The zero-order valence-electron chi connectivity index (χ0n) is 11.0. The fourth-order valence-electron chi connectivity index (χ4n) is 1.71. The van der Waals surface area contributed by atoms with Crippen LogP contribution in [0, 0.1) is 10.1 Å². The first kappa shape index (κ1) is 15.4. The summed E-state index contributed by atoms with van der Waals surface area (Å²) in [5.41, 5.74) is 0.566. The van der Waals surface area contributed by atoms with Gasteiger partial charge in [-0.3, -0.25) is 10.1 Å². The summed E-state index contributed by atoms with van der Waals surface area (Å²) < 4.78 is 10.7. The summed E-state index contributed by atoms with van der Waals surface area (Å²) in [6, 6.07) is 9.26. The summed E-state index contributed by atoms with van der Waals surface area (Å²) in [6.45, 7) is 0.132. The highest BCUT2D eigenvalue weighted by atomic mass is 35.5. The van der Waals surface area contributed by atoms with Crippen molar-refractivity contribution < 1.29 is 14.4 Å². The highest BCUT2D eigenvalue weighted by molar-refractivity contribution is 6.35. The Labute approximate surface area is 131 Å². The molecule has 0 unspecified atom stereocenters. The second-order valence-electron chi connectivity index (χ2n) is 4.08. The molecule has 0 atom stereocenters. The maximum atomic E-state index is 10.7. The Morgan fingerprint density at radius 1 is 1.14 bits per heavy atom. The Kier molecular flexibility index (Phi) is 4.88. The fourth-order valence-corrected chi connectivity index (χ4v) is 2.22. The Balaban J connectivity index is 2.22. The number of nitro groups is 1. The molecule has 2 rings (SSSR count). The number of rotatable bonds is 5. The lowest BCUT2D eigenvalue weighted by atomic mass is 10.2. The summed E-state index contributed by atoms with van der Waals surface area (Å²) in [5, 5.41) is 11.7. The number of nitrogens with zero attached hydrogens (tertiary/aromatic N) is 1. The van der Waals surface area contributed by atoms with Crippen molar-refractivity contribution in [3.8, 4) is 11.5 Å². The number of ether oxygens (including phenoxy) is 2. The van der Waals surface area contributed by atoms with E-state index < -0.39 is 4.92 Å². The smallest absolute Gasteiger partial charge is 0.273 e. The second kappa shape index (κ2) is 6.65. The molecule has 5 nitrogen and oxygen atoms in total. The van der Waals surface area contributed by atoms with E-state index in [2.05, 4.69) is 0 Å². The zero-order valence-corrected chi connectivity index (χ0v) is 12.5. The van der Waals surface area contributed by atoms with Gasteiger partial charge in [-0.2, -0.15) is 0 Å². The van der Waals surface area contributed by atoms with Crippen LogP contribution in [0.3, 0.4) is 0 Å². The van der Waals surface area contributed by atoms with Gasteiger partial charge in [0.2, 0.25) is 0 Å². The molecule has 0 bridgehead atoms. The molecule has 0 saturated heterocycles. The van der Waals surface area contributed by atoms with E-state index in [-0.39, 0.29) is 18.0 Å². The third-order valence-corrected chi connectivity index (χ3v) is 3.50. The van der Waals surface area contributed by atoms with Crippen molar-refractivity contribution in [3.05, 3.63) is 62.1 Å². The lowest BCUT2D eigenvalue weighted by molar-refractivity contribution is -0.385. The normalized spacial score (nSPS) is 10.2. The molecule has 0 saturated carbocycles. The summed E-state index contributed by atoms with van der Waals surface area (Å²) in [4.78, 5) is 10.2. The van der Waals surface area contributed by atoms with Gasteiger partial charge in [-0.25, -0.2) is 0 Å². The molecule has 0 aromatic heterocycles. The minimum atomic E-state index is -0.503. The minimum absolute atomic E-state index is 0.0741. The van der Waals surface area contributed by atoms with Crippen LogP contribution in [0.5, 0.6) is 11.5 Å². The first-order valence-corrected chi connectivity index (χ1v) is 6.66. The number of benzene rings is 2. The molecule has 21 heavy (non-hydrogen) atoms. The fraction of sp³-hybridized carbons (Fsp3) is 0.143. The molecular weight excluding hydrogens is 317 g/mol. The van der Waals surface area contributed by atoms with E-state index in [4.69, 9.17) is 32.7 Å². The van der Waals surface area contributed by atoms with Gasteiger partial charge in [-0.05, 0) is 18.2 Å². The average molecular weight is 328 g/mol. The molecular formula is C14H11Cl2NO4. The van der Waals surface area contributed by atoms with Gasteiger partial charge in [0, 0.05) is 21.7 Å². The van der Waals surface area contributed by atoms with Crippen LogP contribution in [0.25, 0.3) is 0 Å². The Morgan fingerprint density at radius 3 is 2.38 bits per heavy atom. The summed E-state index contributed by atoms with van der Waals surface area (Å²) in [5.74, 6) is 0.645. The summed E-state index contributed by atoms with van der Waals surface area (Å²) in [7, 11) is 1.41. The molecule has 0 radical (unpaired) electrons. The maximum absolute atomic E-state index is 10.7. The second-order valence-corrected chi connectivity index (χ2v) is 4.90. The number of hydrogen-bond donors (Lipinski definition) is 0. The Bertz CT molecular complexity index is 656. The third kappa shape index (κ3) is 3.56. The lowest BCUT2D eigenvalue weighted by Gasteiger charge is -2.12. The number of hydrogen-bond acceptors (Lipinski definition) is 4. The van der Waals surface area contributed by atoms with Crippen LogP contribution in [0.4, 0.5) is 5.69 Å². The molecule has 0 N–H and O–H groups in total. The van der Waals surface area contributed by atoms with Crippen molar-refractivity contribution in [2.45, 2.75) is 6.61 Å². The third-order valence-electron chi connectivity index (χ3n) is 2.79. The number of methoxy groups -OCH3 is 1. The first-order valence-electron chi connectivity index (χ1n) is 5.91. The van der Waals surface area contributed by atoms with E-state index in [1.54, 1.807) is 18.2 Å². The van der Waals surface area contributed by atoms with Crippen LogP contribution in [0.1, 0.15) is 5.56 Å². The van der Waals surface area contributed by atoms with E-state index in [0.29, 0.717) is 21.4 Å².